The Morgan fingerprint density at radius 1 is 0.261 bits per heavy atom. The molecule has 0 spiro atoms. The molecule has 0 aromatic rings. The normalized spacial score (nSPS) is 14.0. The summed E-state index contributed by atoms with van der Waals surface area (Å²) in [4.78, 5) is 73.5. The van der Waals surface area contributed by atoms with E-state index < -0.39 is 97.5 Å². The molecule has 0 aliphatic heterocycles. The first kappa shape index (κ1) is 109. The van der Waals surface area contributed by atoms with Gasteiger partial charge in [-0.25, -0.2) is 9.13 Å². The Bertz CT molecular complexity index is 2120. The van der Waals surface area contributed by atoms with Gasteiger partial charge in [0.05, 0.1) is 26.4 Å². The van der Waals surface area contributed by atoms with Crippen molar-refractivity contribution >= 4 is 39.5 Å². The second-order valence-electron chi connectivity index (χ2n) is 33.8. The lowest BCUT2D eigenvalue weighted by molar-refractivity contribution is -0.161. The van der Waals surface area contributed by atoms with E-state index in [-0.39, 0.29) is 25.7 Å². The first-order valence-electron chi connectivity index (χ1n) is 47.5. The lowest BCUT2D eigenvalue weighted by Gasteiger charge is -2.21. The van der Waals surface area contributed by atoms with Gasteiger partial charge in [-0.1, -0.05) is 446 Å². The standard InChI is InChI=1S/C92H180O17P2/c1-7-10-12-14-16-18-20-22-24-26-28-33-36-40-44-50-56-62-68-74-89(94)102-80-87(108-91(96)76-71-65-59-52-46-42-38-34-30-29-31-35-39-43-49-55-61-67-73-85(6)9-3)82-106-110(98,99)104-78-86(93)79-105-111(100,101)107-83-88(81-103-90(95)75-69-63-57-53-47-48-54-60-66-72-84(4)5)109-92(97)77-70-64-58-51-45-41-37-32-27-25-23-21-19-17-15-13-11-8-2/h84-88,93H,7-83H2,1-6H3,(H,98,99)(H,100,101)/t85?,86-,87-,88-/m1/s1. The lowest BCUT2D eigenvalue weighted by Crippen LogP contribution is -2.30. The van der Waals surface area contributed by atoms with Crippen LogP contribution in [0.15, 0.2) is 0 Å². The smallest absolute Gasteiger partial charge is 0.462 e. The van der Waals surface area contributed by atoms with Crippen molar-refractivity contribution in [2.75, 3.05) is 39.6 Å². The van der Waals surface area contributed by atoms with E-state index >= 15 is 0 Å². The van der Waals surface area contributed by atoms with E-state index in [0.29, 0.717) is 25.7 Å². The fourth-order valence-corrected chi connectivity index (χ4v) is 16.0. The minimum atomic E-state index is -4.97. The van der Waals surface area contributed by atoms with Crippen LogP contribution in [0.1, 0.15) is 497 Å². The Morgan fingerprint density at radius 2 is 0.459 bits per heavy atom. The van der Waals surface area contributed by atoms with Crippen molar-refractivity contribution in [1.29, 1.82) is 0 Å². The highest BCUT2D eigenvalue weighted by atomic mass is 31.2. The number of aliphatic hydroxyl groups excluding tert-OH is 1. The van der Waals surface area contributed by atoms with Gasteiger partial charge in [0.1, 0.15) is 19.3 Å². The largest absolute Gasteiger partial charge is 0.472 e. The van der Waals surface area contributed by atoms with Gasteiger partial charge in [0.2, 0.25) is 0 Å². The predicted octanol–water partition coefficient (Wildman–Crippen LogP) is 28.6. The third-order valence-electron chi connectivity index (χ3n) is 22.1. The second-order valence-corrected chi connectivity index (χ2v) is 36.7. The van der Waals surface area contributed by atoms with E-state index in [1.54, 1.807) is 0 Å². The third kappa shape index (κ3) is 84.3. The number of phosphoric acid groups is 2. The number of rotatable bonds is 91. The van der Waals surface area contributed by atoms with Gasteiger partial charge in [-0.15, -0.1) is 0 Å². The van der Waals surface area contributed by atoms with E-state index in [9.17, 15) is 43.2 Å². The molecule has 0 fully saturated rings. The minimum Gasteiger partial charge on any atom is -0.462 e. The quantitative estimate of drug-likeness (QED) is 0.0222. The van der Waals surface area contributed by atoms with Crippen LogP contribution in [-0.4, -0.2) is 96.7 Å². The lowest BCUT2D eigenvalue weighted by atomic mass is 9.99. The van der Waals surface area contributed by atoms with Crippen LogP contribution in [-0.2, 0) is 65.4 Å². The molecule has 0 amide bonds. The van der Waals surface area contributed by atoms with Gasteiger partial charge >= 0.3 is 39.5 Å². The molecule has 3 N–H and O–H groups in total. The summed E-state index contributed by atoms with van der Waals surface area (Å²) < 4.78 is 69.1. The molecule has 0 heterocycles. The maximum Gasteiger partial charge on any atom is 0.472 e. The summed E-state index contributed by atoms with van der Waals surface area (Å²) in [6.07, 6.45) is 77.8. The highest BCUT2D eigenvalue weighted by molar-refractivity contribution is 7.47. The summed E-state index contributed by atoms with van der Waals surface area (Å²) in [7, 11) is -9.94. The van der Waals surface area contributed by atoms with E-state index in [1.165, 1.54) is 315 Å². The number of carbonyl (C=O) groups excluding carboxylic acids is 4. The summed E-state index contributed by atoms with van der Waals surface area (Å²) in [6, 6.07) is 0. The number of hydrogen-bond acceptors (Lipinski definition) is 15. The summed E-state index contributed by atoms with van der Waals surface area (Å²) in [5.41, 5.74) is 0. The Labute approximate surface area is 683 Å². The highest BCUT2D eigenvalue weighted by Crippen LogP contribution is 2.45. The molecule has 0 aromatic heterocycles. The molecule has 0 radical (unpaired) electrons. The average Bonchev–Trinajstić information content (AvgIpc) is 0.903. The number of esters is 4. The van der Waals surface area contributed by atoms with Crippen molar-refractivity contribution in [2.45, 2.75) is 516 Å². The molecule has 0 saturated heterocycles. The molecular formula is C92H180O17P2. The van der Waals surface area contributed by atoms with E-state index in [4.69, 9.17) is 37.0 Å². The van der Waals surface area contributed by atoms with Crippen LogP contribution < -0.4 is 0 Å². The maximum atomic E-state index is 13.2. The molecule has 0 saturated carbocycles. The first-order chi connectivity index (χ1) is 53.9. The maximum absolute atomic E-state index is 13.2. The van der Waals surface area contributed by atoms with Gasteiger partial charge < -0.3 is 33.8 Å². The van der Waals surface area contributed by atoms with Gasteiger partial charge in [-0.05, 0) is 37.5 Å². The molecule has 0 aromatic carbocycles. The van der Waals surface area contributed by atoms with Crippen molar-refractivity contribution in [1.82, 2.24) is 0 Å². The van der Waals surface area contributed by atoms with Crippen LogP contribution in [0.25, 0.3) is 0 Å². The fraction of sp³-hybridized carbons (Fsp3) is 0.957. The zero-order valence-electron chi connectivity index (χ0n) is 73.3. The van der Waals surface area contributed by atoms with Gasteiger partial charge in [0.15, 0.2) is 12.2 Å². The van der Waals surface area contributed by atoms with Crippen LogP contribution in [0.5, 0.6) is 0 Å². The van der Waals surface area contributed by atoms with Crippen molar-refractivity contribution in [3.05, 3.63) is 0 Å². The molecule has 660 valence electrons. The van der Waals surface area contributed by atoms with Gasteiger partial charge in [-0.3, -0.25) is 37.3 Å². The van der Waals surface area contributed by atoms with Gasteiger partial charge in [-0.2, -0.15) is 0 Å². The minimum absolute atomic E-state index is 0.109. The number of hydrogen-bond donors (Lipinski definition) is 3. The molecule has 17 nitrogen and oxygen atoms in total. The molecule has 3 unspecified atom stereocenters. The Morgan fingerprint density at radius 3 is 0.685 bits per heavy atom. The summed E-state index contributed by atoms with van der Waals surface area (Å²) in [5, 5.41) is 10.7. The third-order valence-corrected chi connectivity index (χ3v) is 24.0. The van der Waals surface area contributed by atoms with E-state index in [2.05, 4.69) is 41.5 Å². The molecular weight excluding hydrogens is 1440 g/mol. The Hall–Kier alpha value is -1.94. The first-order valence-corrected chi connectivity index (χ1v) is 50.5. The predicted molar refractivity (Wildman–Crippen MR) is 460 cm³/mol. The summed E-state index contributed by atoms with van der Waals surface area (Å²) in [6.45, 7) is 9.76. The van der Waals surface area contributed by atoms with E-state index in [1.807, 2.05) is 0 Å². The number of carbonyl (C=O) groups is 4. The molecule has 6 atom stereocenters. The number of unbranched alkanes of at least 4 members (excludes halogenated alkanes) is 60. The van der Waals surface area contributed by atoms with E-state index in [0.717, 1.165) is 102 Å². The Balaban J connectivity index is 5.25. The molecule has 0 aliphatic carbocycles. The van der Waals surface area contributed by atoms with Crippen molar-refractivity contribution in [2.24, 2.45) is 11.8 Å². The van der Waals surface area contributed by atoms with Crippen LogP contribution in [0.2, 0.25) is 0 Å². The van der Waals surface area contributed by atoms with Crippen molar-refractivity contribution in [3.63, 3.8) is 0 Å². The molecule has 19 heteroatoms. The highest BCUT2D eigenvalue weighted by Gasteiger charge is 2.31. The van der Waals surface area contributed by atoms with Crippen LogP contribution >= 0.6 is 15.6 Å². The molecule has 0 rings (SSSR count). The zero-order valence-corrected chi connectivity index (χ0v) is 75.1. The summed E-state index contributed by atoms with van der Waals surface area (Å²) in [5.74, 6) is -0.479. The Kier molecular flexibility index (Phi) is 81.7. The van der Waals surface area contributed by atoms with Crippen LogP contribution in [0.3, 0.4) is 0 Å². The van der Waals surface area contributed by atoms with Crippen LogP contribution in [0, 0.1) is 11.8 Å². The van der Waals surface area contributed by atoms with Crippen LogP contribution in [0.4, 0.5) is 0 Å². The number of phosphoric ester groups is 2. The molecule has 111 heavy (non-hydrogen) atoms. The SMILES string of the molecule is CCCCCCCCCCCCCCCCCCCCCC(=O)OC[C@H](COP(=O)(O)OC[C@@H](O)COP(=O)(O)OC[C@@H](COC(=O)CCCCCCCCCCCC(C)C)OC(=O)CCCCCCCCCCCCCCCCCCCC)OC(=O)CCCCCCCCCCCCCCCCCCCCC(C)CC. The zero-order chi connectivity index (χ0) is 81.3. The van der Waals surface area contributed by atoms with Gasteiger partial charge in [0, 0.05) is 25.7 Å². The second kappa shape index (κ2) is 83.1. The number of aliphatic hydroxyl groups is 1. The number of ether oxygens (including phenoxy) is 4. The topological polar surface area (TPSA) is 237 Å². The van der Waals surface area contributed by atoms with Gasteiger partial charge in [0.25, 0.3) is 0 Å². The van der Waals surface area contributed by atoms with Crippen molar-refractivity contribution in [3.8, 4) is 0 Å². The summed E-state index contributed by atoms with van der Waals surface area (Å²) >= 11 is 0. The molecule has 0 bridgehead atoms. The fourth-order valence-electron chi connectivity index (χ4n) is 14.4. The molecule has 0 aliphatic rings. The average molecular weight is 1620 g/mol. The van der Waals surface area contributed by atoms with Crippen molar-refractivity contribution < 1.29 is 80.2 Å². The monoisotopic (exact) mass is 1620 g/mol.